The molecule has 0 aromatic heterocycles. The number of likely N-dealkylation sites (tertiary alicyclic amines) is 1. The molecule has 6 rings (SSSR count). The molecule has 1 aliphatic carbocycles. The first-order chi connectivity index (χ1) is 20.3. The Bertz CT molecular complexity index is 1590. The molecule has 236 valence electrons. The van der Waals surface area contributed by atoms with Gasteiger partial charge in [-0.25, -0.2) is 30.3 Å². The second kappa shape index (κ2) is 11.0. The van der Waals surface area contributed by atoms with Gasteiger partial charge in [-0.3, -0.25) is 0 Å². The predicted molar refractivity (Wildman–Crippen MR) is 148 cm³/mol. The van der Waals surface area contributed by atoms with Crippen LogP contribution < -0.4 is 9.46 Å². The lowest BCUT2D eigenvalue weighted by molar-refractivity contribution is -0.137. The van der Waals surface area contributed by atoms with Crippen LogP contribution in [-0.4, -0.2) is 59.3 Å². The van der Waals surface area contributed by atoms with Gasteiger partial charge in [-0.2, -0.15) is 13.2 Å². The number of alkyl halides is 3. The lowest BCUT2D eigenvalue weighted by Gasteiger charge is -2.55. The molecule has 1 saturated carbocycles. The number of hydrogen-bond acceptors (Lipinski definition) is 6. The van der Waals surface area contributed by atoms with Crippen LogP contribution in [0.1, 0.15) is 56.1 Å². The Morgan fingerprint density at radius 2 is 1.67 bits per heavy atom. The van der Waals surface area contributed by atoms with E-state index in [-0.39, 0.29) is 25.9 Å². The number of fused-ring (bicyclic) bond motifs is 5. The van der Waals surface area contributed by atoms with Crippen LogP contribution in [0.2, 0.25) is 0 Å². The van der Waals surface area contributed by atoms with E-state index in [0.29, 0.717) is 25.1 Å². The first kappa shape index (κ1) is 30.7. The standard InChI is InChI=1S/C29H33F5N2O5S2/c30-23-8-9-24(31)27-26(23)28(42(37,38)19-6-4-18(5-7-19)29(32,33)34)12-10-25-21(22(28)17-41-27)16-20(43(39,40)35-25)11-15-36-13-2-1-3-14-36/h4-9,20-22,25,35H,1-3,10-17H2/t20-,21+,22+,25-,28+/m1/s1. The second-order valence-electron chi connectivity index (χ2n) is 12.1. The third-order valence-corrected chi connectivity index (χ3v) is 14.3. The number of hydrogen-bond donors (Lipinski definition) is 1. The van der Waals surface area contributed by atoms with Crippen LogP contribution in [0.3, 0.4) is 0 Å². The number of piperidine rings is 1. The van der Waals surface area contributed by atoms with E-state index in [9.17, 15) is 30.0 Å². The minimum atomic E-state index is -4.70. The number of nitrogens with one attached hydrogen (secondary N) is 1. The summed E-state index contributed by atoms with van der Waals surface area (Å²) in [6, 6.07) is 3.99. The van der Waals surface area contributed by atoms with Crippen LogP contribution in [0.4, 0.5) is 22.0 Å². The third-order valence-electron chi connectivity index (χ3n) is 9.83. The molecule has 2 saturated heterocycles. The summed E-state index contributed by atoms with van der Waals surface area (Å²) in [5, 5.41) is -0.834. The molecule has 2 aromatic rings. The number of rotatable bonds is 5. The van der Waals surface area contributed by atoms with Crippen LogP contribution >= 0.6 is 0 Å². The number of sulfone groups is 1. The first-order valence-corrected chi connectivity index (χ1v) is 17.6. The smallest absolute Gasteiger partial charge is 0.416 e. The van der Waals surface area contributed by atoms with Gasteiger partial charge in [0.05, 0.1) is 27.9 Å². The molecule has 3 fully saturated rings. The summed E-state index contributed by atoms with van der Waals surface area (Å²) in [7, 11) is -8.41. The molecule has 2 aromatic carbocycles. The highest BCUT2D eigenvalue weighted by atomic mass is 32.2. The average molecular weight is 649 g/mol. The maximum atomic E-state index is 15.7. The molecule has 3 aliphatic heterocycles. The highest BCUT2D eigenvalue weighted by Crippen LogP contribution is 2.59. The molecule has 1 N–H and O–H groups in total. The molecule has 0 bridgehead atoms. The van der Waals surface area contributed by atoms with Gasteiger partial charge in [0.25, 0.3) is 0 Å². The van der Waals surface area contributed by atoms with E-state index >= 15 is 8.78 Å². The van der Waals surface area contributed by atoms with Crippen molar-refractivity contribution in [2.24, 2.45) is 11.8 Å². The van der Waals surface area contributed by atoms with Crippen LogP contribution in [0, 0.1) is 23.5 Å². The molecule has 43 heavy (non-hydrogen) atoms. The third kappa shape index (κ3) is 5.15. The van der Waals surface area contributed by atoms with Gasteiger partial charge >= 0.3 is 6.18 Å². The molecule has 7 nitrogen and oxygen atoms in total. The van der Waals surface area contributed by atoms with E-state index in [2.05, 4.69) is 9.62 Å². The van der Waals surface area contributed by atoms with Gasteiger partial charge in [-0.1, -0.05) is 6.42 Å². The summed E-state index contributed by atoms with van der Waals surface area (Å²) in [6.45, 7) is 1.98. The zero-order chi connectivity index (χ0) is 30.8. The second-order valence-corrected chi connectivity index (χ2v) is 16.3. The van der Waals surface area contributed by atoms with Gasteiger partial charge < -0.3 is 9.64 Å². The number of benzene rings is 2. The summed E-state index contributed by atoms with van der Waals surface area (Å²) >= 11 is 0. The van der Waals surface area contributed by atoms with Crippen molar-refractivity contribution in [1.29, 1.82) is 0 Å². The molecule has 0 amide bonds. The Balaban J connectivity index is 1.43. The molecule has 0 unspecified atom stereocenters. The fourth-order valence-corrected chi connectivity index (χ4v) is 11.9. The molecule has 14 heteroatoms. The minimum Gasteiger partial charge on any atom is -0.490 e. The quantitative estimate of drug-likeness (QED) is 0.459. The van der Waals surface area contributed by atoms with Gasteiger partial charge in [0, 0.05) is 12.0 Å². The number of sulfonamides is 1. The fraction of sp³-hybridized carbons (Fsp3) is 0.586. The van der Waals surface area contributed by atoms with E-state index in [1.165, 1.54) is 0 Å². The monoisotopic (exact) mass is 648 g/mol. The van der Waals surface area contributed by atoms with Crippen molar-refractivity contribution in [3.05, 3.63) is 59.2 Å². The van der Waals surface area contributed by atoms with Crippen molar-refractivity contribution in [3.8, 4) is 5.75 Å². The van der Waals surface area contributed by atoms with E-state index in [0.717, 1.165) is 56.6 Å². The SMILES string of the molecule is O=S1(=O)N[C@@H]2CC[C@@]3(S(=O)(=O)c4ccc(C(F)(F)F)cc4)c4c(F)ccc(F)c4OC[C@H]3[C@@H]2C[C@H]1CCN1CCCCC1. The fourth-order valence-electron chi connectivity index (χ4n) is 7.70. The van der Waals surface area contributed by atoms with E-state index in [1.54, 1.807) is 0 Å². The summed E-state index contributed by atoms with van der Waals surface area (Å²) in [5.41, 5.74) is -1.53. The lowest BCUT2D eigenvalue weighted by Crippen LogP contribution is -2.64. The molecule has 5 atom stereocenters. The summed E-state index contributed by atoms with van der Waals surface area (Å²) in [6.07, 6.45) is -1.36. The van der Waals surface area contributed by atoms with Crippen LogP contribution in [0.25, 0.3) is 0 Å². The maximum Gasteiger partial charge on any atom is 0.416 e. The van der Waals surface area contributed by atoms with Crippen molar-refractivity contribution in [2.45, 2.75) is 72.1 Å². The Morgan fingerprint density at radius 3 is 2.35 bits per heavy atom. The van der Waals surface area contributed by atoms with Crippen LogP contribution in [-0.2, 0) is 30.8 Å². The number of halogens is 5. The molecule has 0 spiro atoms. The van der Waals surface area contributed by atoms with Gasteiger partial charge in [0.1, 0.15) is 10.6 Å². The largest absolute Gasteiger partial charge is 0.490 e. The van der Waals surface area contributed by atoms with E-state index in [4.69, 9.17) is 4.74 Å². The maximum absolute atomic E-state index is 15.7. The highest BCUT2D eigenvalue weighted by molar-refractivity contribution is 7.92. The molecular weight excluding hydrogens is 615 g/mol. The van der Waals surface area contributed by atoms with Crippen molar-refractivity contribution >= 4 is 19.9 Å². The van der Waals surface area contributed by atoms with Gasteiger partial charge in [-0.15, -0.1) is 0 Å². The van der Waals surface area contributed by atoms with Gasteiger partial charge in [0.15, 0.2) is 21.4 Å². The Hall–Kier alpha value is -2.29. The Kier molecular flexibility index (Phi) is 7.83. The van der Waals surface area contributed by atoms with E-state index < -0.39 is 87.3 Å². The normalized spacial score (nSPS) is 30.9. The Morgan fingerprint density at radius 1 is 1.00 bits per heavy atom. The van der Waals surface area contributed by atoms with Crippen LogP contribution in [0.15, 0.2) is 41.3 Å². The topological polar surface area (TPSA) is 92.8 Å². The molecule has 4 aliphatic rings. The first-order valence-electron chi connectivity index (χ1n) is 14.5. The lowest BCUT2D eigenvalue weighted by atomic mass is 9.64. The Labute approximate surface area is 247 Å². The summed E-state index contributed by atoms with van der Waals surface area (Å²) in [5.74, 6) is -4.11. The van der Waals surface area contributed by atoms with Crippen molar-refractivity contribution < 1.29 is 43.5 Å². The molecule has 0 radical (unpaired) electrons. The van der Waals surface area contributed by atoms with Crippen molar-refractivity contribution in [2.75, 3.05) is 26.2 Å². The van der Waals surface area contributed by atoms with E-state index in [1.807, 2.05) is 0 Å². The zero-order valence-corrected chi connectivity index (χ0v) is 24.9. The number of nitrogens with zero attached hydrogens (tertiary/aromatic N) is 1. The van der Waals surface area contributed by atoms with Crippen molar-refractivity contribution in [3.63, 3.8) is 0 Å². The highest BCUT2D eigenvalue weighted by Gasteiger charge is 2.64. The predicted octanol–water partition coefficient (Wildman–Crippen LogP) is 5.01. The molecule has 3 heterocycles. The summed E-state index contributed by atoms with van der Waals surface area (Å²) < 4.78 is 133. The van der Waals surface area contributed by atoms with Gasteiger partial charge in [-0.05, 0) is 100 Å². The minimum absolute atomic E-state index is 0.00843. The molecular formula is C29H33F5N2O5S2. The van der Waals surface area contributed by atoms with Crippen LogP contribution in [0.5, 0.6) is 5.75 Å². The van der Waals surface area contributed by atoms with Gasteiger partial charge in [0.2, 0.25) is 10.0 Å². The average Bonchev–Trinajstić information content (AvgIpc) is 2.97. The summed E-state index contributed by atoms with van der Waals surface area (Å²) in [4.78, 5) is 1.75. The number of ether oxygens (including phenoxy) is 1. The zero-order valence-electron chi connectivity index (χ0n) is 23.2. The van der Waals surface area contributed by atoms with Crippen molar-refractivity contribution in [1.82, 2.24) is 9.62 Å².